The smallest absolute Gasteiger partial charge is 0.307 e. The Labute approximate surface area is 108 Å². The van der Waals surface area contributed by atoms with Crippen LogP contribution in [0.1, 0.15) is 31.2 Å². The van der Waals surface area contributed by atoms with Gasteiger partial charge in [-0.25, -0.2) is 0 Å². The highest BCUT2D eigenvalue weighted by Gasteiger charge is 2.30. The van der Waals surface area contributed by atoms with Crippen molar-refractivity contribution in [1.82, 2.24) is 0 Å². The van der Waals surface area contributed by atoms with Gasteiger partial charge in [-0.3, -0.25) is 4.79 Å². The van der Waals surface area contributed by atoms with Crippen LogP contribution in [0.25, 0.3) is 0 Å². The Balaban J connectivity index is 2.05. The zero-order chi connectivity index (χ0) is 13.0. The molecule has 0 bridgehead atoms. The normalized spacial score (nSPS) is 17.6. The average Bonchev–Trinajstić information content (AvgIpc) is 2.90. The molecule has 1 saturated carbocycles. The summed E-state index contributed by atoms with van der Waals surface area (Å²) in [5.41, 5.74) is 1.08. The van der Waals surface area contributed by atoms with E-state index in [4.69, 9.17) is 4.74 Å². The van der Waals surface area contributed by atoms with Crippen molar-refractivity contribution in [2.24, 2.45) is 11.8 Å². The van der Waals surface area contributed by atoms with Gasteiger partial charge in [0.15, 0.2) is 0 Å². The Bertz CT molecular complexity index is 391. The monoisotopic (exact) mass is 248 g/mol. The van der Waals surface area contributed by atoms with E-state index in [-0.39, 0.29) is 5.92 Å². The zero-order valence-electron chi connectivity index (χ0n) is 10.8. The molecule has 1 aliphatic carbocycles. The van der Waals surface area contributed by atoms with Gasteiger partial charge in [-0.05, 0) is 42.9 Å². The number of carbonyl (C=O) groups is 1. The summed E-state index contributed by atoms with van der Waals surface area (Å²) in [6.45, 7) is 0. The van der Waals surface area contributed by atoms with E-state index >= 15 is 0 Å². The van der Waals surface area contributed by atoms with Gasteiger partial charge >= 0.3 is 5.97 Å². The molecule has 0 radical (unpaired) electrons. The first-order valence-corrected chi connectivity index (χ1v) is 6.56. The van der Waals surface area contributed by atoms with Crippen LogP contribution < -0.4 is 4.74 Å². The minimum absolute atomic E-state index is 0.235. The maximum absolute atomic E-state index is 11.4. The maximum Gasteiger partial charge on any atom is 0.307 e. The molecule has 1 N–H and O–H groups in total. The maximum atomic E-state index is 11.4. The molecule has 1 fully saturated rings. The quantitative estimate of drug-likeness (QED) is 0.870. The van der Waals surface area contributed by atoms with Crippen molar-refractivity contribution in [2.45, 2.75) is 32.1 Å². The third kappa shape index (κ3) is 3.03. The predicted octanol–water partition coefficient (Wildman–Crippen LogP) is 3.13. The lowest BCUT2D eigenvalue weighted by atomic mass is 9.86. The highest BCUT2D eigenvalue weighted by atomic mass is 16.5. The SMILES string of the molecule is COc1ccc(CC(C(=O)O)C2CCCC2)cc1. The molecule has 0 aliphatic heterocycles. The van der Waals surface area contributed by atoms with Gasteiger partial charge in [-0.15, -0.1) is 0 Å². The van der Waals surface area contributed by atoms with E-state index in [1.807, 2.05) is 24.3 Å². The summed E-state index contributed by atoms with van der Waals surface area (Å²) in [7, 11) is 1.63. The minimum Gasteiger partial charge on any atom is -0.497 e. The molecule has 0 amide bonds. The average molecular weight is 248 g/mol. The molecule has 3 heteroatoms. The Morgan fingerprint density at radius 1 is 1.33 bits per heavy atom. The summed E-state index contributed by atoms with van der Waals surface area (Å²) >= 11 is 0. The molecular formula is C15H20O3. The Morgan fingerprint density at radius 2 is 1.94 bits per heavy atom. The van der Waals surface area contributed by atoms with E-state index in [9.17, 15) is 9.90 Å². The van der Waals surface area contributed by atoms with Gasteiger partial charge in [0.2, 0.25) is 0 Å². The highest BCUT2D eigenvalue weighted by molar-refractivity contribution is 5.70. The van der Waals surface area contributed by atoms with Crippen molar-refractivity contribution in [3.05, 3.63) is 29.8 Å². The van der Waals surface area contributed by atoms with Gasteiger partial charge in [0.25, 0.3) is 0 Å². The van der Waals surface area contributed by atoms with Gasteiger partial charge in [-0.1, -0.05) is 25.0 Å². The summed E-state index contributed by atoms with van der Waals surface area (Å²) in [5, 5.41) is 9.37. The van der Waals surface area contributed by atoms with E-state index in [0.29, 0.717) is 12.3 Å². The van der Waals surface area contributed by atoms with Gasteiger partial charge in [-0.2, -0.15) is 0 Å². The number of methoxy groups -OCH3 is 1. The molecule has 2 rings (SSSR count). The lowest BCUT2D eigenvalue weighted by Gasteiger charge is -2.19. The fourth-order valence-electron chi connectivity index (χ4n) is 2.83. The zero-order valence-corrected chi connectivity index (χ0v) is 10.8. The molecule has 1 aliphatic rings. The van der Waals surface area contributed by atoms with Gasteiger partial charge < -0.3 is 9.84 Å². The second-order valence-electron chi connectivity index (χ2n) is 5.04. The number of hydrogen-bond donors (Lipinski definition) is 1. The first-order valence-electron chi connectivity index (χ1n) is 6.56. The molecule has 0 aromatic heterocycles. The van der Waals surface area contributed by atoms with E-state index in [2.05, 4.69) is 0 Å². The van der Waals surface area contributed by atoms with E-state index in [1.54, 1.807) is 7.11 Å². The van der Waals surface area contributed by atoms with Gasteiger partial charge in [0, 0.05) is 0 Å². The van der Waals surface area contributed by atoms with Crippen LogP contribution in [-0.2, 0) is 11.2 Å². The number of carboxylic acids is 1. The Morgan fingerprint density at radius 3 is 2.44 bits per heavy atom. The summed E-state index contributed by atoms with van der Waals surface area (Å²) < 4.78 is 5.11. The first-order chi connectivity index (χ1) is 8.70. The molecule has 18 heavy (non-hydrogen) atoms. The number of carboxylic acid groups (broad SMARTS) is 1. The number of hydrogen-bond acceptors (Lipinski definition) is 2. The molecule has 1 atom stereocenters. The van der Waals surface area contributed by atoms with Crippen LogP contribution in [0, 0.1) is 11.8 Å². The van der Waals surface area contributed by atoms with Gasteiger partial charge in [0.1, 0.15) is 5.75 Å². The molecule has 0 saturated heterocycles. The molecule has 1 aromatic rings. The summed E-state index contributed by atoms with van der Waals surface area (Å²) in [6, 6.07) is 7.71. The fraction of sp³-hybridized carbons (Fsp3) is 0.533. The third-order valence-corrected chi connectivity index (χ3v) is 3.90. The topological polar surface area (TPSA) is 46.5 Å². The number of rotatable bonds is 5. The van der Waals surface area contributed by atoms with E-state index in [0.717, 1.165) is 24.2 Å². The van der Waals surface area contributed by atoms with Crippen LogP contribution in [0.4, 0.5) is 0 Å². The van der Waals surface area contributed by atoms with Crippen LogP contribution in [0.15, 0.2) is 24.3 Å². The largest absolute Gasteiger partial charge is 0.497 e. The Hall–Kier alpha value is -1.51. The van der Waals surface area contributed by atoms with Crippen LogP contribution in [-0.4, -0.2) is 18.2 Å². The lowest BCUT2D eigenvalue weighted by Crippen LogP contribution is -2.24. The van der Waals surface area contributed by atoms with Crippen LogP contribution in [0.2, 0.25) is 0 Å². The van der Waals surface area contributed by atoms with Crippen LogP contribution in [0.5, 0.6) is 5.75 Å². The molecular weight excluding hydrogens is 228 g/mol. The summed E-state index contributed by atoms with van der Waals surface area (Å²) in [4.78, 5) is 11.4. The van der Waals surface area contributed by atoms with Gasteiger partial charge in [0.05, 0.1) is 13.0 Å². The molecule has 98 valence electrons. The van der Waals surface area contributed by atoms with E-state index < -0.39 is 5.97 Å². The standard InChI is InChI=1S/C15H20O3/c1-18-13-8-6-11(7-9-13)10-14(15(16)17)12-4-2-3-5-12/h6-9,12,14H,2-5,10H2,1H3,(H,16,17). The Kier molecular flexibility index (Phi) is 4.24. The number of aliphatic carboxylic acids is 1. The van der Waals surface area contributed by atoms with Crippen molar-refractivity contribution >= 4 is 5.97 Å². The molecule has 1 aromatic carbocycles. The fourth-order valence-corrected chi connectivity index (χ4v) is 2.83. The van der Waals surface area contributed by atoms with Crippen molar-refractivity contribution < 1.29 is 14.6 Å². The number of benzene rings is 1. The van der Waals surface area contributed by atoms with Crippen LogP contribution in [0.3, 0.4) is 0 Å². The summed E-state index contributed by atoms with van der Waals surface area (Å²) in [6.07, 6.45) is 5.11. The lowest BCUT2D eigenvalue weighted by molar-refractivity contribution is -0.143. The van der Waals surface area contributed by atoms with E-state index in [1.165, 1.54) is 12.8 Å². The van der Waals surface area contributed by atoms with Crippen LogP contribution >= 0.6 is 0 Å². The molecule has 1 unspecified atom stereocenters. The van der Waals surface area contributed by atoms with Crippen molar-refractivity contribution in [3.63, 3.8) is 0 Å². The highest BCUT2D eigenvalue weighted by Crippen LogP contribution is 2.33. The van der Waals surface area contributed by atoms with Crippen molar-refractivity contribution in [2.75, 3.05) is 7.11 Å². The second kappa shape index (κ2) is 5.89. The third-order valence-electron chi connectivity index (χ3n) is 3.90. The molecule has 3 nitrogen and oxygen atoms in total. The first kappa shape index (κ1) is 12.9. The van der Waals surface area contributed by atoms with Crippen molar-refractivity contribution in [3.8, 4) is 5.75 Å². The second-order valence-corrected chi connectivity index (χ2v) is 5.04. The molecule has 0 spiro atoms. The van der Waals surface area contributed by atoms with Crippen molar-refractivity contribution in [1.29, 1.82) is 0 Å². The summed E-state index contributed by atoms with van der Waals surface area (Å²) in [5.74, 6) is 0.273. The minimum atomic E-state index is -0.655. The predicted molar refractivity (Wildman–Crippen MR) is 69.8 cm³/mol. The number of ether oxygens (including phenoxy) is 1. The molecule has 0 heterocycles.